The van der Waals surface area contributed by atoms with Gasteiger partial charge >= 0.3 is 0 Å². The Kier molecular flexibility index (Phi) is 8.08. The van der Waals surface area contributed by atoms with Crippen LogP contribution in [0.25, 0.3) is 0 Å². The fourth-order valence-electron chi connectivity index (χ4n) is 4.33. The van der Waals surface area contributed by atoms with Crippen LogP contribution < -0.4 is 0 Å². The number of carboxylic acid groups (broad SMARTS) is 1. The van der Waals surface area contributed by atoms with E-state index in [-0.39, 0.29) is 12.8 Å². The predicted molar refractivity (Wildman–Crippen MR) is 104 cm³/mol. The van der Waals surface area contributed by atoms with Crippen molar-refractivity contribution >= 4 is 6.47 Å². The summed E-state index contributed by atoms with van der Waals surface area (Å²) < 4.78 is 11.3. The molecule has 2 fully saturated rings. The third kappa shape index (κ3) is 6.01. The average Bonchev–Trinajstić information content (AvgIpc) is 2.74. The number of piperazine rings is 1. The first-order valence-electron chi connectivity index (χ1n) is 10.1. The van der Waals surface area contributed by atoms with Gasteiger partial charge in [0.1, 0.15) is 0 Å². The van der Waals surface area contributed by atoms with Crippen LogP contribution in [0, 0.1) is 0 Å². The number of aryl methyl sites for hydroxylation is 1. The van der Waals surface area contributed by atoms with Gasteiger partial charge in [0.2, 0.25) is 0 Å². The van der Waals surface area contributed by atoms with Crippen molar-refractivity contribution < 1.29 is 19.4 Å². The van der Waals surface area contributed by atoms with Gasteiger partial charge in [0.05, 0.1) is 13.2 Å². The summed E-state index contributed by atoms with van der Waals surface area (Å²) in [5.41, 5.74) is 3.14. The maximum atomic E-state index is 8.36. The maximum absolute atomic E-state index is 8.36. The fourth-order valence-corrected chi connectivity index (χ4v) is 4.33. The van der Waals surface area contributed by atoms with Crippen molar-refractivity contribution in [3.05, 3.63) is 35.4 Å². The molecule has 2 saturated heterocycles. The lowest BCUT2D eigenvalue weighted by atomic mass is 9.87. The zero-order chi connectivity index (χ0) is 18.9. The van der Waals surface area contributed by atoms with Crippen molar-refractivity contribution in [1.29, 1.82) is 0 Å². The zero-order valence-corrected chi connectivity index (χ0v) is 16.1. The summed E-state index contributed by atoms with van der Waals surface area (Å²) in [5, 5.41) is 6.89. The van der Waals surface area contributed by atoms with E-state index in [0.717, 1.165) is 38.6 Å². The predicted octanol–water partition coefficient (Wildman–Crippen LogP) is 2.02. The Morgan fingerprint density at radius 1 is 1.07 bits per heavy atom. The molecule has 0 saturated carbocycles. The highest BCUT2D eigenvalue weighted by Crippen LogP contribution is 2.25. The standard InChI is InChI=1S/C20H30N2O2.CH2O2/c1-2-5-18-16-19(7-6-17(18)4-1)22-12-10-21(11-13-22)9-8-20-23-14-3-15-24-20;2-1-3/h1-2,4-5,19-20H,3,6-16H2;1H,(H,2,3). The van der Waals surface area contributed by atoms with Gasteiger partial charge in [-0.3, -0.25) is 9.69 Å². The molecule has 0 bridgehead atoms. The van der Waals surface area contributed by atoms with E-state index < -0.39 is 0 Å². The lowest BCUT2D eigenvalue weighted by Gasteiger charge is -2.41. The molecule has 0 radical (unpaired) electrons. The Bertz CT molecular complexity index is 569. The normalized spacial score (nSPS) is 24.5. The minimum absolute atomic E-state index is 0.0339. The van der Waals surface area contributed by atoms with Crippen molar-refractivity contribution in [2.75, 3.05) is 45.9 Å². The van der Waals surface area contributed by atoms with Gasteiger partial charge in [-0.25, -0.2) is 0 Å². The van der Waals surface area contributed by atoms with Crippen LogP contribution in [0.5, 0.6) is 0 Å². The van der Waals surface area contributed by atoms with E-state index in [9.17, 15) is 0 Å². The molecule has 1 aromatic rings. The van der Waals surface area contributed by atoms with Gasteiger partial charge in [0.15, 0.2) is 6.29 Å². The molecule has 2 heterocycles. The summed E-state index contributed by atoms with van der Waals surface area (Å²) >= 11 is 0. The molecule has 27 heavy (non-hydrogen) atoms. The molecule has 4 rings (SSSR count). The topological polar surface area (TPSA) is 62.2 Å². The van der Waals surface area contributed by atoms with Gasteiger partial charge in [-0.05, 0) is 36.8 Å². The Morgan fingerprint density at radius 3 is 2.44 bits per heavy atom. The van der Waals surface area contributed by atoms with E-state index >= 15 is 0 Å². The highest BCUT2D eigenvalue weighted by Gasteiger charge is 2.27. The highest BCUT2D eigenvalue weighted by molar-refractivity contribution is 5.32. The fraction of sp³-hybridized carbons (Fsp3) is 0.667. The molecule has 1 N–H and O–H groups in total. The van der Waals surface area contributed by atoms with E-state index in [1.54, 1.807) is 11.1 Å². The van der Waals surface area contributed by atoms with E-state index in [0.29, 0.717) is 0 Å². The third-order valence-corrected chi connectivity index (χ3v) is 5.82. The highest BCUT2D eigenvalue weighted by atomic mass is 16.7. The summed E-state index contributed by atoms with van der Waals surface area (Å²) in [6.45, 7) is 7.36. The van der Waals surface area contributed by atoms with Crippen LogP contribution in [0.15, 0.2) is 24.3 Å². The summed E-state index contributed by atoms with van der Waals surface area (Å²) in [7, 11) is 0. The summed E-state index contributed by atoms with van der Waals surface area (Å²) in [6.07, 6.45) is 5.89. The van der Waals surface area contributed by atoms with Crippen LogP contribution in [-0.2, 0) is 27.1 Å². The summed E-state index contributed by atoms with van der Waals surface area (Å²) in [6, 6.07) is 9.74. The first-order valence-corrected chi connectivity index (χ1v) is 10.1. The lowest BCUT2D eigenvalue weighted by Crippen LogP contribution is -2.52. The van der Waals surface area contributed by atoms with Gasteiger partial charge in [-0.1, -0.05) is 24.3 Å². The second-order valence-corrected chi connectivity index (χ2v) is 7.46. The van der Waals surface area contributed by atoms with Crippen molar-refractivity contribution in [2.45, 2.75) is 44.4 Å². The van der Waals surface area contributed by atoms with Crippen molar-refractivity contribution in [2.24, 2.45) is 0 Å². The minimum atomic E-state index is -0.250. The number of carbonyl (C=O) groups is 1. The Balaban J connectivity index is 0.000000659. The number of nitrogens with zero attached hydrogens (tertiary/aromatic N) is 2. The molecule has 1 aromatic carbocycles. The first-order chi connectivity index (χ1) is 13.3. The summed E-state index contributed by atoms with van der Waals surface area (Å²) in [5.74, 6) is 0. The van der Waals surface area contributed by atoms with Crippen LogP contribution in [-0.4, -0.2) is 79.6 Å². The second kappa shape index (κ2) is 10.8. The van der Waals surface area contributed by atoms with Crippen molar-refractivity contribution in [3.8, 4) is 0 Å². The first kappa shape index (κ1) is 20.3. The van der Waals surface area contributed by atoms with Gasteiger partial charge in [-0.15, -0.1) is 0 Å². The molecule has 0 spiro atoms. The van der Waals surface area contributed by atoms with E-state index in [4.69, 9.17) is 19.4 Å². The molecule has 6 heteroatoms. The Hall–Kier alpha value is -1.47. The van der Waals surface area contributed by atoms with Crippen LogP contribution in [0.3, 0.4) is 0 Å². The molecule has 1 unspecified atom stereocenters. The molecular weight excluding hydrogens is 344 g/mol. The maximum Gasteiger partial charge on any atom is 0.290 e. The molecule has 3 aliphatic rings. The molecular formula is C21H32N2O4. The largest absolute Gasteiger partial charge is 0.483 e. The zero-order valence-electron chi connectivity index (χ0n) is 16.1. The van der Waals surface area contributed by atoms with E-state index in [2.05, 4.69) is 34.1 Å². The van der Waals surface area contributed by atoms with Gasteiger partial charge in [0, 0.05) is 45.2 Å². The van der Waals surface area contributed by atoms with Crippen LogP contribution >= 0.6 is 0 Å². The number of fused-ring (bicyclic) bond motifs is 1. The molecule has 1 atom stereocenters. The molecule has 0 amide bonds. The Morgan fingerprint density at radius 2 is 1.74 bits per heavy atom. The number of rotatable bonds is 4. The van der Waals surface area contributed by atoms with E-state index in [1.165, 1.54) is 45.4 Å². The molecule has 2 aliphatic heterocycles. The number of benzene rings is 1. The Labute approximate surface area is 162 Å². The number of hydrogen-bond acceptors (Lipinski definition) is 5. The minimum Gasteiger partial charge on any atom is -0.483 e. The van der Waals surface area contributed by atoms with E-state index in [1.807, 2.05) is 0 Å². The quantitative estimate of drug-likeness (QED) is 0.811. The van der Waals surface area contributed by atoms with Crippen LogP contribution in [0.2, 0.25) is 0 Å². The van der Waals surface area contributed by atoms with Gasteiger partial charge in [-0.2, -0.15) is 0 Å². The molecule has 6 nitrogen and oxygen atoms in total. The van der Waals surface area contributed by atoms with Gasteiger partial charge in [0.25, 0.3) is 6.47 Å². The third-order valence-electron chi connectivity index (χ3n) is 5.82. The second-order valence-electron chi connectivity index (χ2n) is 7.46. The number of hydrogen-bond donors (Lipinski definition) is 1. The average molecular weight is 376 g/mol. The SMILES string of the molecule is O=CO.c1ccc2c(c1)CCC(N1CCN(CCC3OCCCO3)CC1)C2. The van der Waals surface area contributed by atoms with Crippen molar-refractivity contribution in [1.82, 2.24) is 9.80 Å². The monoisotopic (exact) mass is 376 g/mol. The summed E-state index contributed by atoms with van der Waals surface area (Å²) in [4.78, 5) is 13.7. The van der Waals surface area contributed by atoms with Crippen LogP contribution in [0.4, 0.5) is 0 Å². The molecule has 150 valence electrons. The number of ether oxygens (including phenoxy) is 2. The molecule has 1 aliphatic carbocycles. The molecule has 0 aromatic heterocycles. The van der Waals surface area contributed by atoms with Crippen LogP contribution in [0.1, 0.15) is 30.4 Å². The lowest BCUT2D eigenvalue weighted by molar-refractivity contribution is -0.183. The van der Waals surface area contributed by atoms with Crippen molar-refractivity contribution in [3.63, 3.8) is 0 Å². The van der Waals surface area contributed by atoms with Gasteiger partial charge < -0.3 is 19.5 Å². The smallest absolute Gasteiger partial charge is 0.290 e.